The van der Waals surface area contributed by atoms with Crippen molar-refractivity contribution in [1.82, 2.24) is 0 Å². The molecule has 0 bridgehead atoms. The van der Waals surface area contributed by atoms with Gasteiger partial charge in [0.25, 0.3) is 0 Å². The molecule has 4 aromatic carbocycles. The second-order valence-electron chi connectivity index (χ2n) is 10.8. The molecule has 0 heterocycles. The molecular weight excluding hydrogens is 500 g/mol. The first-order valence-corrected chi connectivity index (χ1v) is 13.6. The van der Waals surface area contributed by atoms with Crippen LogP contribution in [0.1, 0.15) is 67.6 Å². The zero-order chi connectivity index (χ0) is 27.4. The Labute approximate surface area is 231 Å². The van der Waals surface area contributed by atoms with Crippen LogP contribution in [0.5, 0.6) is 0 Å². The highest BCUT2D eigenvalue weighted by Gasteiger charge is 2.46. The second kappa shape index (κ2) is 9.42. The number of carbonyl (C=O) groups is 4. The van der Waals surface area contributed by atoms with Gasteiger partial charge in [0.1, 0.15) is 0 Å². The van der Waals surface area contributed by atoms with E-state index < -0.39 is 0 Å². The van der Waals surface area contributed by atoms with E-state index in [2.05, 4.69) is 10.6 Å². The van der Waals surface area contributed by atoms with Gasteiger partial charge in [0.15, 0.2) is 11.6 Å². The summed E-state index contributed by atoms with van der Waals surface area (Å²) in [5.41, 5.74) is 3.63. The summed E-state index contributed by atoms with van der Waals surface area (Å²) in [6, 6.07) is 29.7. The highest BCUT2D eigenvalue weighted by atomic mass is 16.2. The van der Waals surface area contributed by atoms with Gasteiger partial charge in [-0.15, -0.1) is 0 Å². The lowest BCUT2D eigenvalue weighted by atomic mass is 9.82. The molecule has 3 aliphatic carbocycles. The van der Waals surface area contributed by atoms with Gasteiger partial charge in [-0.3, -0.25) is 19.2 Å². The molecule has 3 aliphatic rings. The standard InChI is InChI=1S/C34H26N2O4/c37-31-21-13-7-8-14-22(21)32(38)30-28(36-34(40)26-18-24(26)20-11-5-2-6-12-20)16-15-27(29(30)31)35-33(39)25-17-23(25)19-9-3-1-4-10-19/h1-16,23-26H,17-18H2,(H,35,39)(H,36,40). The van der Waals surface area contributed by atoms with Crippen molar-refractivity contribution in [2.75, 3.05) is 10.6 Å². The molecule has 2 N–H and O–H groups in total. The van der Waals surface area contributed by atoms with Crippen LogP contribution in [0.15, 0.2) is 97.1 Å². The van der Waals surface area contributed by atoms with Crippen molar-refractivity contribution in [3.05, 3.63) is 130 Å². The zero-order valence-corrected chi connectivity index (χ0v) is 21.6. The van der Waals surface area contributed by atoms with Crippen LogP contribution in [-0.2, 0) is 9.59 Å². The van der Waals surface area contributed by atoms with Crippen molar-refractivity contribution in [3.63, 3.8) is 0 Å². The lowest BCUT2D eigenvalue weighted by Gasteiger charge is -2.23. The first kappa shape index (κ1) is 24.2. The molecule has 0 radical (unpaired) electrons. The Balaban J connectivity index is 1.19. The van der Waals surface area contributed by atoms with Crippen LogP contribution >= 0.6 is 0 Å². The van der Waals surface area contributed by atoms with E-state index in [1.54, 1.807) is 36.4 Å². The quantitative estimate of drug-likeness (QED) is 0.286. The van der Waals surface area contributed by atoms with Gasteiger partial charge in [0.2, 0.25) is 11.8 Å². The third kappa shape index (κ3) is 4.13. The molecular formula is C34H26N2O4. The minimum atomic E-state index is -0.347. The largest absolute Gasteiger partial charge is 0.325 e. The van der Waals surface area contributed by atoms with Crippen LogP contribution in [-0.4, -0.2) is 23.4 Å². The molecule has 6 nitrogen and oxygen atoms in total. The van der Waals surface area contributed by atoms with E-state index in [-0.39, 0.29) is 69.6 Å². The number of nitrogens with one attached hydrogen (secondary N) is 2. The van der Waals surface area contributed by atoms with Gasteiger partial charge in [0.05, 0.1) is 22.5 Å². The smallest absolute Gasteiger partial charge is 0.228 e. The van der Waals surface area contributed by atoms with Crippen LogP contribution in [0.4, 0.5) is 11.4 Å². The third-order valence-corrected chi connectivity index (χ3v) is 8.30. The fourth-order valence-corrected chi connectivity index (χ4v) is 5.99. The second-order valence-corrected chi connectivity index (χ2v) is 10.8. The average Bonchev–Trinajstić information content (AvgIpc) is 3.92. The summed E-state index contributed by atoms with van der Waals surface area (Å²) in [7, 11) is 0. The number of hydrogen-bond donors (Lipinski definition) is 2. The van der Waals surface area contributed by atoms with Crippen molar-refractivity contribution in [3.8, 4) is 0 Å². The summed E-state index contributed by atoms with van der Waals surface area (Å²) >= 11 is 0. The molecule has 4 unspecified atom stereocenters. The van der Waals surface area contributed by atoms with Gasteiger partial charge < -0.3 is 10.6 Å². The molecule has 2 saturated carbocycles. The molecule has 0 aliphatic heterocycles. The van der Waals surface area contributed by atoms with E-state index in [1.165, 1.54) is 0 Å². The Hall–Kier alpha value is -4.84. The molecule has 2 fully saturated rings. The van der Waals surface area contributed by atoms with Crippen LogP contribution in [0.25, 0.3) is 0 Å². The van der Waals surface area contributed by atoms with E-state index >= 15 is 0 Å². The van der Waals surface area contributed by atoms with Crippen molar-refractivity contribution in [2.24, 2.45) is 11.8 Å². The zero-order valence-electron chi connectivity index (χ0n) is 21.6. The first-order valence-electron chi connectivity index (χ1n) is 13.6. The molecule has 40 heavy (non-hydrogen) atoms. The summed E-state index contributed by atoms with van der Waals surface area (Å²) in [5, 5.41) is 5.87. The molecule has 6 heteroatoms. The number of benzene rings is 4. The van der Waals surface area contributed by atoms with Crippen LogP contribution in [0.2, 0.25) is 0 Å². The minimum absolute atomic E-state index is 0.127. The van der Waals surface area contributed by atoms with Gasteiger partial charge in [0, 0.05) is 23.0 Å². The molecule has 196 valence electrons. The summed E-state index contributed by atoms with van der Waals surface area (Å²) in [4.78, 5) is 53.9. The monoisotopic (exact) mass is 526 g/mol. The van der Waals surface area contributed by atoms with Gasteiger partial charge in [-0.25, -0.2) is 0 Å². The Bertz CT molecular complexity index is 1570. The van der Waals surface area contributed by atoms with Crippen LogP contribution in [0, 0.1) is 11.8 Å². The van der Waals surface area contributed by atoms with Crippen LogP contribution in [0.3, 0.4) is 0 Å². The number of rotatable bonds is 6. The molecule has 0 spiro atoms. The van der Waals surface area contributed by atoms with Crippen LogP contribution < -0.4 is 10.6 Å². The first-order chi connectivity index (χ1) is 19.5. The van der Waals surface area contributed by atoms with E-state index in [0.717, 1.165) is 24.0 Å². The number of ketones is 2. The van der Waals surface area contributed by atoms with Gasteiger partial charge in [-0.05, 0) is 47.9 Å². The third-order valence-electron chi connectivity index (χ3n) is 8.30. The van der Waals surface area contributed by atoms with Gasteiger partial charge in [-0.2, -0.15) is 0 Å². The molecule has 0 aromatic heterocycles. The Morgan fingerprint density at radius 2 is 0.900 bits per heavy atom. The maximum atomic E-state index is 13.7. The number of hydrogen-bond acceptors (Lipinski definition) is 4. The topological polar surface area (TPSA) is 92.3 Å². The number of anilines is 2. The average molecular weight is 527 g/mol. The molecule has 7 rings (SSSR count). The number of fused-ring (bicyclic) bond motifs is 2. The summed E-state index contributed by atoms with van der Waals surface area (Å²) in [5.74, 6) is -1.21. The maximum absolute atomic E-state index is 13.7. The summed E-state index contributed by atoms with van der Waals surface area (Å²) < 4.78 is 0. The Morgan fingerprint density at radius 1 is 0.525 bits per heavy atom. The van der Waals surface area contributed by atoms with E-state index in [0.29, 0.717) is 11.1 Å². The van der Waals surface area contributed by atoms with Crippen molar-refractivity contribution in [1.29, 1.82) is 0 Å². The minimum Gasteiger partial charge on any atom is -0.325 e. The fourth-order valence-electron chi connectivity index (χ4n) is 5.99. The molecule has 4 aromatic rings. The SMILES string of the molecule is O=C1c2ccccc2C(=O)c2c(NC(=O)C3CC3c3ccccc3)ccc(NC(=O)C3CC3c3ccccc3)c21. The van der Waals surface area contributed by atoms with E-state index in [4.69, 9.17) is 0 Å². The number of amides is 2. The van der Waals surface area contributed by atoms with Gasteiger partial charge in [-0.1, -0.05) is 84.9 Å². The highest BCUT2D eigenvalue weighted by molar-refractivity contribution is 6.32. The van der Waals surface area contributed by atoms with E-state index in [9.17, 15) is 19.2 Å². The predicted molar refractivity (Wildman–Crippen MR) is 152 cm³/mol. The highest BCUT2D eigenvalue weighted by Crippen LogP contribution is 2.49. The molecule has 4 atom stereocenters. The van der Waals surface area contributed by atoms with Crippen molar-refractivity contribution < 1.29 is 19.2 Å². The maximum Gasteiger partial charge on any atom is 0.228 e. The molecule has 0 saturated heterocycles. The van der Waals surface area contributed by atoms with Crippen molar-refractivity contribution >= 4 is 34.8 Å². The van der Waals surface area contributed by atoms with Gasteiger partial charge >= 0.3 is 0 Å². The lowest BCUT2D eigenvalue weighted by molar-refractivity contribution is -0.118. The summed E-state index contributed by atoms with van der Waals surface area (Å²) in [6.07, 6.45) is 1.46. The van der Waals surface area contributed by atoms with E-state index in [1.807, 2.05) is 60.7 Å². The summed E-state index contributed by atoms with van der Waals surface area (Å²) in [6.45, 7) is 0. The number of carbonyl (C=O) groups excluding carboxylic acids is 4. The Kier molecular flexibility index (Phi) is 5.70. The molecule has 2 amide bonds. The normalized spacial score (nSPS) is 22.1. The fraction of sp³-hybridized carbons (Fsp3) is 0.176. The Morgan fingerprint density at radius 3 is 1.30 bits per heavy atom. The van der Waals surface area contributed by atoms with Crippen molar-refractivity contribution in [2.45, 2.75) is 24.7 Å². The lowest BCUT2D eigenvalue weighted by Crippen LogP contribution is -2.27. The predicted octanol–water partition coefficient (Wildman–Crippen LogP) is 5.95.